The van der Waals surface area contributed by atoms with E-state index < -0.39 is 6.43 Å². The molecule has 2 unspecified atom stereocenters. The Kier molecular flexibility index (Phi) is 5.08. The second kappa shape index (κ2) is 7.94. The van der Waals surface area contributed by atoms with E-state index >= 15 is 0 Å². The molecule has 2 aromatic rings. The number of alkyl halides is 2. The smallest absolute Gasteiger partial charge is 0.251 e. The summed E-state index contributed by atoms with van der Waals surface area (Å²) < 4.78 is 33.6. The fourth-order valence-electron chi connectivity index (χ4n) is 8.99. The molecule has 5 aliphatic rings. The molecular weight excluding hydrogens is 454 g/mol. The maximum atomic E-state index is 13.1. The lowest BCUT2D eigenvalue weighted by Gasteiger charge is -2.55. The van der Waals surface area contributed by atoms with E-state index in [0.717, 1.165) is 38.5 Å². The van der Waals surface area contributed by atoms with Crippen LogP contribution in [0.3, 0.4) is 0 Å². The second-order valence-electron chi connectivity index (χ2n) is 12.4. The zero-order valence-electron chi connectivity index (χ0n) is 21.4. The standard InChI is InChI=1S/C31H36F2N2O/c1-29-11-9-24-16-23-5-6-25(35(2)19-28(32)33)17-30(23)12-13-31(24,36-30)27(29)8-7-26(29)21-4-3-20-10-14-34-18-22(20)15-21/h3-4,9-10,14-16,18,25-28H,5-8,11-13,17,19H2,1-2H3/t25-,26?,27-,29?,30-,31-/m1/s1. The van der Waals surface area contributed by atoms with Gasteiger partial charge >= 0.3 is 0 Å². The first kappa shape index (κ1) is 23.0. The first-order valence-electron chi connectivity index (χ1n) is 13.8. The van der Waals surface area contributed by atoms with Crippen LogP contribution in [0.2, 0.25) is 0 Å². The van der Waals surface area contributed by atoms with Crippen LogP contribution in [0.1, 0.15) is 69.8 Å². The maximum Gasteiger partial charge on any atom is 0.251 e. The molecular formula is C31H36F2N2O. The van der Waals surface area contributed by atoms with Crippen LogP contribution in [0.5, 0.6) is 0 Å². The van der Waals surface area contributed by atoms with Crippen molar-refractivity contribution in [2.45, 2.75) is 87.9 Å². The van der Waals surface area contributed by atoms with E-state index in [1.54, 1.807) is 0 Å². The second-order valence-corrected chi connectivity index (χ2v) is 12.4. The Hall–Kier alpha value is -2.11. The van der Waals surface area contributed by atoms with Crippen molar-refractivity contribution in [2.75, 3.05) is 13.6 Å². The Bertz CT molecular complexity index is 1270. The Morgan fingerprint density at radius 1 is 1.14 bits per heavy atom. The molecule has 2 saturated carbocycles. The first-order chi connectivity index (χ1) is 17.3. The Morgan fingerprint density at radius 3 is 2.89 bits per heavy atom. The Labute approximate surface area is 212 Å². The van der Waals surface area contributed by atoms with Gasteiger partial charge < -0.3 is 4.74 Å². The van der Waals surface area contributed by atoms with E-state index in [0.29, 0.717) is 11.8 Å². The van der Waals surface area contributed by atoms with Gasteiger partial charge in [-0.25, -0.2) is 8.78 Å². The van der Waals surface area contributed by atoms with E-state index in [1.165, 1.54) is 40.3 Å². The van der Waals surface area contributed by atoms with Crippen LogP contribution in [0.25, 0.3) is 10.8 Å². The molecule has 1 saturated heterocycles. The van der Waals surface area contributed by atoms with Gasteiger partial charge in [0.15, 0.2) is 0 Å². The van der Waals surface area contributed by atoms with E-state index in [2.05, 4.69) is 48.3 Å². The number of hydrogen-bond acceptors (Lipinski definition) is 3. The van der Waals surface area contributed by atoms with E-state index in [9.17, 15) is 8.78 Å². The summed E-state index contributed by atoms with van der Waals surface area (Å²) in [4.78, 5) is 6.23. The minimum absolute atomic E-state index is 0.150. The highest BCUT2D eigenvalue weighted by Gasteiger charge is 2.66. The number of benzene rings is 1. The maximum absolute atomic E-state index is 13.1. The zero-order chi connectivity index (χ0) is 24.7. The van der Waals surface area contributed by atoms with Crippen molar-refractivity contribution >= 4 is 10.8 Å². The summed E-state index contributed by atoms with van der Waals surface area (Å²) in [6.07, 6.45) is 14.8. The predicted molar refractivity (Wildman–Crippen MR) is 138 cm³/mol. The number of nitrogens with zero attached hydrogens (tertiary/aromatic N) is 2. The summed E-state index contributed by atoms with van der Waals surface area (Å²) in [6.45, 7) is 2.35. The van der Waals surface area contributed by atoms with Crippen molar-refractivity contribution in [1.29, 1.82) is 0 Å². The van der Waals surface area contributed by atoms with Crippen LogP contribution in [0.4, 0.5) is 8.78 Å². The van der Waals surface area contributed by atoms with Gasteiger partial charge in [0.05, 0.1) is 17.7 Å². The Balaban J connectivity index is 1.22. The number of aromatic nitrogens is 1. The summed E-state index contributed by atoms with van der Waals surface area (Å²) in [7, 11) is 1.86. The van der Waals surface area contributed by atoms with Gasteiger partial charge in [-0.2, -0.15) is 0 Å². The van der Waals surface area contributed by atoms with Crippen LogP contribution in [-0.2, 0) is 4.74 Å². The Morgan fingerprint density at radius 2 is 2.03 bits per heavy atom. The lowest BCUT2D eigenvalue weighted by molar-refractivity contribution is -0.141. The van der Waals surface area contributed by atoms with Gasteiger partial charge in [0.2, 0.25) is 0 Å². The SMILES string of the molecule is CN(CC(F)F)[C@@H]1CCC2=CC3=CCC4(C)C(c5ccc6ccncc6c5)CC[C@H]4[C@@]34CC[C@]2(C1)O4. The van der Waals surface area contributed by atoms with Gasteiger partial charge in [0.25, 0.3) is 6.43 Å². The van der Waals surface area contributed by atoms with Crippen molar-refractivity contribution in [2.24, 2.45) is 11.3 Å². The largest absolute Gasteiger partial charge is 0.359 e. The summed E-state index contributed by atoms with van der Waals surface area (Å²) in [5, 5.41) is 2.46. The van der Waals surface area contributed by atoms with Crippen molar-refractivity contribution in [1.82, 2.24) is 9.88 Å². The number of pyridine rings is 1. The third kappa shape index (κ3) is 3.18. The topological polar surface area (TPSA) is 25.4 Å². The van der Waals surface area contributed by atoms with Gasteiger partial charge in [-0.1, -0.05) is 31.2 Å². The molecule has 0 N–H and O–H groups in total. The third-order valence-corrected chi connectivity index (χ3v) is 10.8. The van der Waals surface area contributed by atoms with Crippen LogP contribution in [-0.4, -0.2) is 47.1 Å². The molecule has 0 radical (unpaired) electrons. The molecule has 7 rings (SSSR count). The van der Waals surface area contributed by atoms with Crippen LogP contribution >= 0.6 is 0 Å². The number of halogens is 2. The van der Waals surface area contributed by atoms with E-state index in [4.69, 9.17) is 4.74 Å². The number of fused-ring (bicyclic) bond motifs is 2. The molecule has 1 aromatic heterocycles. The van der Waals surface area contributed by atoms with Crippen LogP contribution in [0, 0.1) is 11.3 Å². The molecule has 3 aliphatic carbocycles. The van der Waals surface area contributed by atoms with Crippen molar-refractivity contribution in [3.05, 3.63) is 65.5 Å². The molecule has 2 bridgehead atoms. The van der Waals surface area contributed by atoms with Gasteiger partial charge in [0, 0.05) is 23.8 Å². The van der Waals surface area contributed by atoms with Gasteiger partial charge in [-0.15, -0.1) is 0 Å². The van der Waals surface area contributed by atoms with Crippen molar-refractivity contribution < 1.29 is 13.5 Å². The average molecular weight is 491 g/mol. The summed E-state index contributed by atoms with van der Waals surface area (Å²) in [5.74, 6) is 0.983. The minimum atomic E-state index is -2.29. The van der Waals surface area contributed by atoms with Gasteiger partial charge in [-0.05, 0) is 110 Å². The molecule has 36 heavy (non-hydrogen) atoms. The molecule has 3 fully saturated rings. The molecule has 0 amide bonds. The predicted octanol–water partition coefficient (Wildman–Crippen LogP) is 7.04. The van der Waals surface area contributed by atoms with Gasteiger partial charge in [0.1, 0.15) is 0 Å². The fraction of sp³-hybridized carbons (Fsp3) is 0.581. The molecule has 6 atom stereocenters. The average Bonchev–Trinajstić information content (AvgIpc) is 3.38. The highest BCUT2D eigenvalue weighted by Crippen LogP contribution is 2.69. The molecule has 3 nitrogen and oxygen atoms in total. The van der Waals surface area contributed by atoms with Crippen molar-refractivity contribution in [3.63, 3.8) is 0 Å². The normalized spacial score (nSPS) is 39.1. The van der Waals surface area contributed by atoms with E-state index in [-0.39, 0.29) is 29.2 Å². The molecule has 1 aromatic carbocycles. The minimum Gasteiger partial charge on any atom is -0.359 e. The molecule has 2 spiro atoms. The number of rotatable bonds is 4. The van der Waals surface area contributed by atoms with Crippen molar-refractivity contribution in [3.8, 4) is 0 Å². The summed E-state index contributed by atoms with van der Waals surface area (Å²) >= 11 is 0. The molecule has 190 valence electrons. The van der Waals surface area contributed by atoms with Crippen LogP contribution < -0.4 is 0 Å². The van der Waals surface area contributed by atoms with E-state index in [1.807, 2.05) is 24.3 Å². The number of allylic oxidation sites excluding steroid dienone is 1. The first-order valence-corrected chi connectivity index (χ1v) is 13.8. The lowest BCUT2D eigenvalue weighted by Crippen LogP contribution is -2.55. The monoisotopic (exact) mass is 490 g/mol. The lowest BCUT2D eigenvalue weighted by atomic mass is 9.58. The highest BCUT2D eigenvalue weighted by atomic mass is 19.3. The fourth-order valence-corrected chi connectivity index (χ4v) is 8.99. The number of hydrogen-bond donors (Lipinski definition) is 0. The van der Waals surface area contributed by atoms with Gasteiger partial charge in [-0.3, -0.25) is 9.88 Å². The summed E-state index contributed by atoms with van der Waals surface area (Å²) in [6, 6.07) is 9.19. The third-order valence-electron chi connectivity index (χ3n) is 10.8. The molecule has 5 heteroatoms. The highest BCUT2D eigenvalue weighted by molar-refractivity contribution is 5.82. The van der Waals surface area contributed by atoms with Crippen LogP contribution in [0.15, 0.2) is 60.0 Å². The molecule has 2 aliphatic heterocycles. The number of ether oxygens (including phenoxy) is 1. The zero-order valence-corrected chi connectivity index (χ0v) is 21.4. The molecule has 3 heterocycles. The quantitative estimate of drug-likeness (QED) is 0.460. The summed E-state index contributed by atoms with van der Waals surface area (Å²) in [5.41, 5.74) is 3.94.